The zero-order valence-electron chi connectivity index (χ0n) is 13.0. The lowest BCUT2D eigenvalue weighted by Crippen LogP contribution is -2.27. The van der Waals surface area contributed by atoms with Crippen LogP contribution in [0.4, 0.5) is 5.69 Å². The molecule has 0 fully saturated rings. The van der Waals surface area contributed by atoms with Crippen LogP contribution in [0.2, 0.25) is 0 Å². The molecule has 0 bridgehead atoms. The highest BCUT2D eigenvalue weighted by Crippen LogP contribution is 2.31. The molecule has 0 saturated carbocycles. The maximum absolute atomic E-state index is 11.9. The molecule has 0 aromatic heterocycles. The van der Waals surface area contributed by atoms with Gasteiger partial charge in [-0.25, -0.2) is 13.1 Å². The zero-order valence-corrected chi connectivity index (χ0v) is 13.8. The van der Waals surface area contributed by atoms with Crippen LogP contribution in [-0.4, -0.2) is 33.7 Å². The molecule has 122 valence electrons. The molecule has 1 N–H and O–H groups in total. The van der Waals surface area contributed by atoms with E-state index in [4.69, 9.17) is 4.74 Å². The molecular formula is C15H22N2O4S. The summed E-state index contributed by atoms with van der Waals surface area (Å²) in [6.45, 7) is 2.52. The molecule has 2 rings (SSSR count). The first-order valence-corrected chi connectivity index (χ1v) is 9.08. The number of nitrogens with zero attached hydrogens (tertiary/aromatic N) is 1. The molecule has 0 atom stereocenters. The summed E-state index contributed by atoms with van der Waals surface area (Å²) in [5, 5.41) is 0. The van der Waals surface area contributed by atoms with Crippen molar-refractivity contribution in [1.29, 1.82) is 0 Å². The summed E-state index contributed by atoms with van der Waals surface area (Å²) < 4.78 is 31.8. The van der Waals surface area contributed by atoms with Gasteiger partial charge in [0.15, 0.2) is 0 Å². The number of hydrogen-bond acceptors (Lipinski definition) is 4. The van der Waals surface area contributed by atoms with Gasteiger partial charge in [-0.05, 0) is 24.1 Å². The van der Waals surface area contributed by atoms with Crippen molar-refractivity contribution in [2.75, 3.05) is 24.3 Å². The number of fused-ring (bicyclic) bond motifs is 1. The van der Waals surface area contributed by atoms with E-state index in [1.807, 2.05) is 13.0 Å². The molecule has 1 aromatic rings. The Hall–Kier alpha value is -1.60. The van der Waals surface area contributed by atoms with Gasteiger partial charge < -0.3 is 9.64 Å². The van der Waals surface area contributed by atoms with E-state index in [-0.39, 0.29) is 18.2 Å². The summed E-state index contributed by atoms with van der Waals surface area (Å²) in [5.41, 5.74) is 1.47. The molecule has 6 nitrogen and oxygen atoms in total. The van der Waals surface area contributed by atoms with Crippen molar-refractivity contribution in [2.24, 2.45) is 0 Å². The van der Waals surface area contributed by atoms with Crippen LogP contribution < -0.4 is 14.4 Å². The minimum Gasteiger partial charge on any atom is -0.491 e. The molecule has 1 heterocycles. The van der Waals surface area contributed by atoms with E-state index in [0.29, 0.717) is 30.9 Å². The number of rotatable bonds is 6. The molecule has 0 aliphatic carbocycles. The number of amides is 1. The second-order valence-electron chi connectivity index (χ2n) is 5.35. The fourth-order valence-electron chi connectivity index (χ4n) is 2.21. The van der Waals surface area contributed by atoms with E-state index >= 15 is 0 Å². The Bertz CT molecular complexity index is 643. The lowest BCUT2D eigenvalue weighted by atomic mass is 10.1. The number of ether oxygens (including phenoxy) is 1. The third kappa shape index (κ3) is 4.20. The van der Waals surface area contributed by atoms with E-state index in [1.54, 1.807) is 24.1 Å². The summed E-state index contributed by atoms with van der Waals surface area (Å²) in [4.78, 5) is 13.4. The van der Waals surface area contributed by atoms with Gasteiger partial charge in [-0.15, -0.1) is 0 Å². The molecule has 1 aliphatic rings. The van der Waals surface area contributed by atoms with Gasteiger partial charge >= 0.3 is 0 Å². The fourth-order valence-corrected chi connectivity index (χ4v) is 3.41. The van der Waals surface area contributed by atoms with Crippen LogP contribution in [-0.2, 0) is 21.4 Å². The van der Waals surface area contributed by atoms with Gasteiger partial charge in [0, 0.05) is 13.6 Å². The van der Waals surface area contributed by atoms with E-state index in [2.05, 4.69) is 4.72 Å². The zero-order chi connectivity index (χ0) is 16.2. The molecule has 7 heteroatoms. The SMILES string of the molecule is CCCCS(=O)(=O)NCc1ccc2c(c1)N(C)C(=O)CCO2. The van der Waals surface area contributed by atoms with E-state index in [0.717, 1.165) is 12.0 Å². The molecule has 0 radical (unpaired) electrons. The van der Waals surface area contributed by atoms with Crippen molar-refractivity contribution in [3.05, 3.63) is 23.8 Å². The molecular weight excluding hydrogens is 304 g/mol. The Morgan fingerprint density at radius 3 is 2.86 bits per heavy atom. The van der Waals surface area contributed by atoms with Gasteiger partial charge in [0.2, 0.25) is 15.9 Å². The van der Waals surface area contributed by atoms with Crippen molar-refractivity contribution in [3.8, 4) is 5.75 Å². The average molecular weight is 326 g/mol. The Balaban J connectivity index is 2.11. The Kier molecular flexibility index (Phi) is 5.42. The van der Waals surface area contributed by atoms with E-state index in [9.17, 15) is 13.2 Å². The minimum absolute atomic E-state index is 0.0144. The molecule has 0 spiro atoms. The highest BCUT2D eigenvalue weighted by Gasteiger charge is 2.20. The van der Waals surface area contributed by atoms with Crippen LogP contribution in [0.25, 0.3) is 0 Å². The normalized spacial score (nSPS) is 15.2. The number of sulfonamides is 1. The summed E-state index contributed by atoms with van der Waals surface area (Å²) >= 11 is 0. The first kappa shape index (κ1) is 16.8. The Morgan fingerprint density at radius 1 is 1.36 bits per heavy atom. The van der Waals surface area contributed by atoms with Gasteiger partial charge in [0.05, 0.1) is 24.5 Å². The molecule has 22 heavy (non-hydrogen) atoms. The topological polar surface area (TPSA) is 75.7 Å². The smallest absolute Gasteiger partial charge is 0.230 e. The van der Waals surface area contributed by atoms with Crippen LogP contribution in [0.15, 0.2) is 18.2 Å². The van der Waals surface area contributed by atoms with E-state index in [1.165, 1.54) is 0 Å². The van der Waals surface area contributed by atoms with Crippen molar-refractivity contribution in [1.82, 2.24) is 4.72 Å². The molecule has 1 amide bonds. The average Bonchev–Trinajstić information content (AvgIpc) is 2.63. The highest BCUT2D eigenvalue weighted by molar-refractivity contribution is 7.89. The van der Waals surface area contributed by atoms with Crippen molar-refractivity contribution >= 4 is 21.6 Å². The number of hydrogen-bond donors (Lipinski definition) is 1. The molecule has 0 unspecified atom stereocenters. The van der Waals surface area contributed by atoms with Crippen LogP contribution in [0.1, 0.15) is 31.7 Å². The molecule has 0 saturated heterocycles. The minimum atomic E-state index is -3.26. The summed E-state index contributed by atoms with van der Waals surface area (Å²) in [6, 6.07) is 5.38. The van der Waals surface area contributed by atoms with Gasteiger partial charge in [-0.3, -0.25) is 4.79 Å². The fraction of sp³-hybridized carbons (Fsp3) is 0.533. The standard InChI is InChI=1S/C15H22N2O4S/c1-3-4-9-22(19,20)16-11-12-5-6-14-13(10-12)17(2)15(18)7-8-21-14/h5-6,10,16H,3-4,7-9,11H2,1-2H3. The van der Waals surface area contributed by atoms with Crippen LogP contribution in [0, 0.1) is 0 Å². The van der Waals surface area contributed by atoms with E-state index < -0.39 is 10.0 Å². The number of carbonyl (C=O) groups excluding carboxylic acids is 1. The second-order valence-corrected chi connectivity index (χ2v) is 7.27. The largest absolute Gasteiger partial charge is 0.491 e. The number of carbonyl (C=O) groups is 1. The van der Waals surface area contributed by atoms with Gasteiger partial charge in [0.1, 0.15) is 5.75 Å². The van der Waals surface area contributed by atoms with Crippen LogP contribution in [0.5, 0.6) is 5.75 Å². The third-order valence-electron chi connectivity index (χ3n) is 3.60. The van der Waals surface area contributed by atoms with Gasteiger partial charge in [-0.2, -0.15) is 0 Å². The van der Waals surface area contributed by atoms with Gasteiger partial charge in [0.25, 0.3) is 0 Å². The summed E-state index contributed by atoms with van der Waals surface area (Å²) in [7, 11) is -1.56. The number of nitrogens with one attached hydrogen (secondary N) is 1. The summed E-state index contributed by atoms with van der Waals surface area (Å²) in [5.74, 6) is 0.765. The Morgan fingerprint density at radius 2 is 2.14 bits per heavy atom. The number of unbranched alkanes of at least 4 members (excludes halogenated alkanes) is 1. The first-order valence-electron chi connectivity index (χ1n) is 7.42. The maximum Gasteiger partial charge on any atom is 0.230 e. The van der Waals surface area contributed by atoms with Crippen LogP contribution in [0.3, 0.4) is 0 Å². The highest BCUT2D eigenvalue weighted by atomic mass is 32.2. The lowest BCUT2D eigenvalue weighted by molar-refractivity contribution is -0.118. The van der Waals surface area contributed by atoms with Crippen LogP contribution >= 0.6 is 0 Å². The quantitative estimate of drug-likeness (QED) is 0.862. The van der Waals surface area contributed by atoms with Crippen molar-refractivity contribution in [2.45, 2.75) is 32.7 Å². The monoisotopic (exact) mass is 326 g/mol. The Labute approximate surface area is 131 Å². The predicted octanol–water partition coefficient (Wildman–Crippen LogP) is 1.65. The molecule has 1 aromatic carbocycles. The van der Waals surface area contributed by atoms with Crippen molar-refractivity contribution in [3.63, 3.8) is 0 Å². The van der Waals surface area contributed by atoms with Gasteiger partial charge in [-0.1, -0.05) is 19.4 Å². The summed E-state index contributed by atoms with van der Waals surface area (Å²) in [6.07, 6.45) is 1.82. The lowest BCUT2D eigenvalue weighted by Gasteiger charge is -2.17. The first-order chi connectivity index (χ1) is 10.4. The third-order valence-corrected chi connectivity index (χ3v) is 5.01. The molecule has 1 aliphatic heterocycles. The number of benzene rings is 1. The second kappa shape index (κ2) is 7.11. The maximum atomic E-state index is 11.9. The predicted molar refractivity (Wildman–Crippen MR) is 85.5 cm³/mol. The number of anilines is 1. The van der Waals surface area contributed by atoms with Crippen molar-refractivity contribution < 1.29 is 17.9 Å².